The molecule has 0 aliphatic carbocycles. The van der Waals surface area contributed by atoms with Crippen LogP contribution in [0, 0.1) is 0 Å². The molecule has 9 aromatic carbocycles. The third-order valence-corrected chi connectivity index (χ3v) is 23.4. The molecule has 0 aromatic heterocycles. The Morgan fingerprint density at radius 2 is 0.138 bits per heavy atom. The first-order valence-electron chi connectivity index (χ1n) is 32.3. The first kappa shape index (κ1) is 110. The summed E-state index contributed by atoms with van der Waals surface area (Å²) in [4.78, 5) is 0. The SMILES string of the molecule is FC(F)(F)c1cc(P(c2cc(C(F)(F)F)cc(C(F)(F)F)c2)c2cc(C(F)(F)F)cc(C(F)(F)F)c2)cc(C(F)(F)F)c1.FC(F)(F)c1cc(P(c2cc(C(F)(F)F)cc(C(F)(F)F)c2)c2cc(C(F)(F)F)cc(C(F)(F)F)c2)cc(C(F)(F)F)c1.FC(F)(F)c1cc(P(c2cc(C(F)(F)F)cc(C(F)(F)F)c2)c2cc(C(F)(F)F)cc(C(F)(F)F)c2)cc(C(F)(F)F)c1.[Pd]. The summed E-state index contributed by atoms with van der Waals surface area (Å²) in [6.07, 6.45) is -102. The van der Waals surface area contributed by atoms with Crippen LogP contribution in [-0.4, -0.2) is 0 Å². The molecule has 0 unspecified atom stereocenters. The Morgan fingerprint density at radius 1 is 0.0923 bits per heavy atom. The second-order valence-corrected chi connectivity index (χ2v) is 32.5. The number of rotatable bonds is 9. The van der Waals surface area contributed by atoms with Crippen LogP contribution in [0.1, 0.15) is 100 Å². The Morgan fingerprint density at radius 3 is 0.177 bits per heavy atom. The summed E-state index contributed by atoms with van der Waals surface area (Å²) in [7, 11) is -11.5. The van der Waals surface area contributed by atoms with E-state index >= 15 is 0 Å². The fraction of sp³-hybridized carbons (Fsp3) is 0.250. The second kappa shape index (κ2) is 36.5. The predicted molar refractivity (Wildman–Crippen MR) is 345 cm³/mol. The molecule has 0 bridgehead atoms. The van der Waals surface area contributed by atoms with Gasteiger partial charge in [-0.3, -0.25) is 0 Å². The standard InChI is InChI=1S/3C24H9F18P.Pd/c3*25-19(26,27)10-1-11(20(28,29)30)5-16(4-10)43(17-6-12(21(31,32)33)2-13(7-17)22(34,35)36)18-8-14(23(37,38)39)3-15(9-18)24(40,41)42;/h3*1-9H;. The van der Waals surface area contributed by atoms with Gasteiger partial charge in [0.05, 0.1) is 100 Å². The van der Waals surface area contributed by atoms with Crippen LogP contribution in [0.5, 0.6) is 0 Å². The maximum absolute atomic E-state index is 13.5. The van der Waals surface area contributed by atoms with Gasteiger partial charge < -0.3 is 0 Å². The minimum absolute atomic E-state index is 0. The van der Waals surface area contributed by atoms with E-state index in [1.807, 2.05) is 0 Å². The monoisotopic (exact) mass is 2120 g/mol. The van der Waals surface area contributed by atoms with Crippen molar-refractivity contribution in [2.24, 2.45) is 0 Å². The number of benzene rings is 9. The van der Waals surface area contributed by atoms with Crippen molar-refractivity contribution in [1.29, 1.82) is 0 Å². The molecule has 0 N–H and O–H groups in total. The van der Waals surface area contributed by atoms with E-state index < -0.39 is 337 Å². The van der Waals surface area contributed by atoms with Gasteiger partial charge in [0.15, 0.2) is 0 Å². The van der Waals surface area contributed by atoms with Crippen molar-refractivity contribution in [3.63, 3.8) is 0 Å². The van der Waals surface area contributed by atoms with Gasteiger partial charge in [0.1, 0.15) is 0 Å². The molecular formula is C72H27F54P3Pd. The average molecular weight is 2120 g/mol. The van der Waals surface area contributed by atoms with Gasteiger partial charge in [0, 0.05) is 20.4 Å². The van der Waals surface area contributed by atoms with Crippen molar-refractivity contribution in [2.45, 2.75) is 111 Å². The minimum atomic E-state index is -5.66. The Hall–Kier alpha value is -8.85. The van der Waals surface area contributed by atoms with Crippen LogP contribution in [-0.2, 0) is 132 Å². The Bertz CT molecular complexity index is 4170. The molecule has 0 radical (unpaired) electrons. The normalized spacial score (nSPS) is 13.9. The molecule has 9 rings (SSSR count). The molecule has 0 aliphatic heterocycles. The van der Waals surface area contributed by atoms with E-state index in [4.69, 9.17) is 0 Å². The third-order valence-electron chi connectivity index (χ3n) is 16.5. The number of hydrogen-bond acceptors (Lipinski definition) is 0. The topological polar surface area (TPSA) is 0 Å². The van der Waals surface area contributed by atoms with Gasteiger partial charge in [-0.25, -0.2) is 0 Å². The molecule has 58 heteroatoms. The first-order chi connectivity index (χ1) is 57.2. The number of hydrogen-bond donors (Lipinski definition) is 0. The van der Waals surface area contributed by atoms with Crippen molar-refractivity contribution < 1.29 is 258 Å². The zero-order chi connectivity index (χ0) is 99.4. The summed E-state index contributed by atoms with van der Waals surface area (Å²) in [6.45, 7) is 0. The van der Waals surface area contributed by atoms with E-state index in [0.29, 0.717) is 0 Å². The van der Waals surface area contributed by atoms with Gasteiger partial charge in [0.2, 0.25) is 0 Å². The fourth-order valence-corrected chi connectivity index (χ4v) is 18.5. The molecule has 9 aromatic rings. The fourth-order valence-electron chi connectivity index (χ4n) is 11.0. The molecule has 0 atom stereocenters. The molecule has 0 nitrogen and oxygen atoms in total. The predicted octanol–water partition coefficient (Wildman–Crippen LogP) is 28.7. The van der Waals surface area contributed by atoms with Crippen molar-refractivity contribution in [2.75, 3.05) is 0 Å². The molecule has 130 heavy (non-hydrogen) atoms. The van der Waals surface area contributed by atoms with Crippen LogP contribution in [0.2, 0.25) is 0 Å². The van der Waals surface area contributed by atoms with Crippen molar-refractivity contribution in [3.8, 4) is 0 Å². The van der Waals surface area contributed by atoms with Gasteiger partial charge in [0.25, 0.3) is 0 Å². The minimum Gasteiger partial charge on any atom is -0.166 e. The van der Waals surface area contributed by atoms with Crippen LogP contribution in [0.15, 0.2) is 164 Å². The van der Waals surface area contributed by atoms with Crippen LogP contribution >= 0.6 is 23.8 Å². The van der Waals surface area contributed by atoms with E-state index in [1.54, 1.807) is 0 Å². The third kappa shape index (κ3) is 28.1. The van der Waals surface area contributed by atoms with Gasteiger partial charge in [-0.1, -0.05) is 0 Å². The molecule has 0 amide bonds. The van der Waals surface area contributed by atoms with E-state index in [-0.39, 0.29) is 130 Å². The maximum atomic E-state index is 13.5. The Labute approximate surface area is 702 Å². The van der Waals surface area contributed by atoms with Gasteiger partial charge in [-0.2, -0.15) is 237 Å². The van der Waals surface area contributed by atoms with E-state index in [1.165, 1.54) is 0 Å². The van der Waals surface area contributed by atoms with Crippen LogP contribution in [0.3, 0.4) is 0 Å². The quantitative estimate of drug-likeness (QED) is 0.0768. The molecule has 0 saturated carbocycles. The molecule has 0 heterocycles. The zero-order valence-corrected chi connectivity index (χ0v) is 64.4. The maximum Gasteiger partial charge on any atom is 0.416 e. The van der Waals surface area contributed by atoms with E-state index in [0.717, 1.165) is 0 Å². The molecule has 718 valence electrons. The van der Waals surface area contributed by atoms with Crippen molar-refractivity contribution in [3.05, 3.63) is 264 Å². The zero-order valence-electron chi connectivity index (χ0n) is 60.2. The molecule has 0 aliphatic rings. The molecule has 0 fully saturated rings. The summed E-state index contributed by atoms with van der Waals surface area (Å²) < 4.78 is 731. The molecule has 0 spiro atoms. The summed E-state index contributed by atoms with van der Waals surface area (Å²) in [5.41, 5.74) is -39.3. The van der Waals surface area contributed by atoms with Gasteiger partial charge in [-0.05, 0) is 235 Å². The summed E-state index contributed by atoms with van der Waals surface area (Å²) in [5.74, 6) is 0. The summed E-state index contributed by atoms with van der Waals surface area (Å²) >= 11 is 0. The van der Waals surface area contributed by atoms with Crippen LogP contribution in [0.25, 0.3) is 0 Å². The van der Waals surface area contributed by atoms with Crippen molar-refractivity contribution in [1.82, 2.24) is 0 Å². The van der Waals surface area contributed by atoms with Gasteiger partial charge in [-0.15, -0.1) is 0 Å². The summed E-state index contributed by atoms with van der Waals surface area (Å²) in [6, 6.07) is -8.24. The van der Waals surface area contributed by atoms with E-state index in [2.05, 4.69) is 0 Å². The second-order valence-electron chi connectivity index (χ2n) is 25.9. The molecule has 0 saturated heterocycles. The van der Waals surface area contributed by atoms with Crippen LogP contribution in [0.4, 0.5) is 237 Å². The van der Waals surface area contributed by atoms with Crippen LogP contribution < -0.4 is 47.7 Å². The molecular weight excluding hydrogens is 2090 g/mol. The first-order valence-corrected chi connectivity index (χ1v) is 36.3. The average Bonchev–Trinajstić information content (AvgIpc) is 0.759. The Balaban J connectivity index is 0.000000299. The summed E-state index contributed by atoms with van der Waals surface area (Å²) in [5, 5.41) is -13.0. The largest absolute Gasteiger partial charge is 0.416 e. The number of halogens is 54. The van der Waals surface area contributed by atoms with Gasteiger partial charge >= 0.3 is 111 Å². The Kier molecular flexibility index (Phi) is 30.9. The van der Waals surface area contributed by atoms with Crippen molar-refractivity contribution >= 4 is 71.5 Å². The smallest absolute Gasteiger partial charge is 0.166 e. The number of alkyl halides is 54. The van der Waals surface area contributed by atoms with E-state index in [9.17, 15) is 237 Å².